The number of phenols is 1. The van der Waals surface area contributed by atoms with Gasteiger partial charge in [-0.1, -0.05) is 19.9 Å². The van der Waals surface area contributed by atoms with Gasteiger partial charge in [-0.15, -0.1) is 0 Å². The van der Waals surface area contributed by atoms with Crippen LogP contribution in [0.1, 0.15) is 32.8 Å². The molecular weight excluding hydrogens is 226 g/mol. The second kappa shape index (κ2) is 6.64. The zero-order valence-electron chi connectivity index (χ0n) is 12.1. The average Bonchev–Trinajstić information content (AvgIpc) is 2.30. The van der Waals surface area contributed by atoms with E-state index in [4.69, 9.17) is 4.74 Å². The van der Waals surface area contributed by atoms with Crippen molar-refractivity contribution in [3.63, 3.8) is 0 Å². The molecular formula is C15H25NO2. The number of aromatic hydroxyl groups is 1. The van der Waals surface area contributed by atoms with Crippen LogP contribution in [0.4, 0.5) is 0 Å². The SMILES string of the molecule is COc1cc(CN(C)C(C)CC(C)C)ccc1O. The first-order valence-electron chi connectivity index (χ1n) is 6.50. The first-order valence-corrected chi connectivity index (χ1v) is 6.50. The van der Waals surface area contributed by atoms with E-state index in [1.54, 1.807) is 13.2 Å². The van der Waals surface area contributed by atoms with Crippen LogP contribution in [0.2, 0.25) is 0 Å². The standard InChI is InChI=1S/C15H25NO2/c1-11(2)8-12(3)16(4)10-13-6-7-14(17)15(9-13)18-5/h6-7,9,11-12,17H,8,10H2,1-5H3. The highest BCUT2D eigenvalue weighted by Crippen LogP contribution is 2.27. The highest BCUT2D eigenvalue weighted by atomic mass is 16.5. The van der Waals surface area contributed by atoms with Gasteiger partial charge < -0.3 is 9.84 Å². The molecule has 1 rings (SSSR count). The van der Waals surface area contributed by atoms with E-state index in [1.165, 1.54) is 6.42 Å². The minimum atomic E-state index is 0.194. The van der Waals surface area contributed by atoms with E-state index >= 15 is 0 Å². The molecule has 0 amide bonds. The van der Waals surface area contributed by atoms with Crippen molar-refractivity contribution in [2.24, 2.45) is 5.92 Å². The van der Waals surface area contributed by atoms with Gasteiger partial charge in [0.2, 0.25) is 0 Å². The molecule has 3 nitrogen and oxygen atoms in total. The number of benzene rings is 1. The smallest absolute Gasteiger partial charge is 0.160 e. The zero-order valence-corrected chi connectivity index (χ0v) is 12.1. The summed E-state index contributed by atoms with van der Waals surface area (Å²) in [5.74, 6) is 1.44. The molecule has 1 unspecified atom stereocenters. The number of methoxy groups -OCH3 is 1. The Balaban J connectivity index is 2.66. The van der Waals surface area contributed by atoms with E-state index in [0.29, 0.717) is 17.7 Å². The van der Waals surface area contributed by atoms with Gasteiger partial charge in [0.1, 0.15) is 0 Å². The Morgan fingerprint density at radius 3 is 2.50 bits per heavy atom. The Hall–Kier alpha value is -1.22. The Labute approximate surface area is 110 Å². The van der Waals surface area contributed by atoms with Crippen molar-refractivity contribution < 1.29 is 9.84 Å². The number of phenolic OH excluding ortho intramolecular Hbond substituents is 1. The molecule has 0 heterocycles. The van der Waals surface area contributed by atoms with Crippen molar-refractivity contribution in [3.8, 4) is 11.5 Å². The molecule has 0 saturated carbocycles. The third-order valence-corrected chi connectivity index (χ3v) is 3.24. The van der Waals surface area contributed by atoms with Crippen molar-refractivity contribution in [2.45, 2.75) is 39.8 Å². The van der Waals surface area contributed by atoms with Gasteiger partial charge in [-0.3, -0.25) is 4.90 Å². The summed E-state index contributed by atoms with van der Waals surface area (Å²) in [6.07, 6.45) is 1.19. The van der Waals surface area contributed by atoms with E-state index < -0.39 is 0 Å². The van der Waals surface area contributed by atoms with Crippen molar-refractivity contribution in [1.29, 1.82) is 0 Å². The maximum atomic E-state index is 9.56. The zero-order chi connectivity index (χ0) is 13.7. The van der Waals surface area contributed by atoms with Gasteiger partial charge in [0, 0.05) is 12.6 Å². The Morgan fingerprint density at radius 2 is 1.94 bits per heavy atom. The summed E-state index contributed by atoms with van der Waals surface area (Å²) in [6, 6.07) is 6.07. The maximum Gasteiger partial charge on any atom is 0.160 e. The molecule has 1 N–H and O–H groups in total. The van der Waals surface area contributed by atoms with Crippen LogP contribution in [0.25, 0.3) is 0 Å². The van der Waals surface area contributed by atoms with Crippen LogP contribution in [0.15, 0.2) is 18.2 Å². The summed E-state index contributed by atoms with van der Waals surface area (Å²) >= 11 is 0. The van der Waals surface area contributed by atoms with Gasteiger partial charge >= 0.3 is 0 Å². The van der Waals surface area contributed by atoms with Crippen molar-refractivity contribution in [1.82, 2.24) is 4.90 Å². The molecule has 18 heavy (non-hydrogen) atoms. The highest BCUT2D eigenvalue weighted by molar-refractivity contribution is 5.41. The molecule has 1 aromatic carbocycles. The fourth-order valence-corrected chi connectivity index (χ4v) is 2.13. The minimum Gasteiger partial charge on any atom is -0.504 e. The molecule has 0 radical (unpaired) electrons. The van der Waals surface area contributed by atoms with E-state index in [0.717, 1.165) is 12.1 Å². The minimum absolute atomic E-state index is 0.194. The first kappa shape index (κ1) is 14.8. The van der Waals surface area contributed by atoms with Gasteiger partial charge in [0.05, 0.1) is 7.11 Å². The third kappa shape index (κ3) is 4.22. The Kier molecular flexibility index (Phi) is 5.48. The largest absolute Gasteiger partial charge is 0.504 e. The Morgan fingerprint density at radius 1 is 1.28 bits per heavy atom. The van der Waals surface area contributed by atoms with E-state index in [2.05, 4.69) is 32.7 Å². The molecule has 1 atom stereocenters. The number of rotatable bonds is 6. The summed E-state index contributed by atoms with van der Waals surface area (Å²) < 4.78 is 5.12. The highest BCUT2D eigenvalue weighted by Gasteiger charge is 2.12. The lowest BCUT2D eigenvalue weighted by molar-refractivity contribution is 0.220. The van der Waals surface area contributed by atoms with E-state index in [9.17, 15) is 5.11 Å². The quantitative estimate of drug-likeness (QED) is 0.842. The predicted molar refractivity (Wildman–Crippen MR) is 75.0 cm³/mol. The molecule has 0 saturated heterocycles. The second-order valence-corrected chi connectivity index (χ2v) is 5.40. The molecule has 102 valence electrons. The van der Waals surface area contributed by atoms with Crippen LogP contribution in [0.5, 0.6) is 11.5 Å². The monoisotopic (exact) mass is 251 g/mol. The molecule has 0 fully saturated rings. The van der Waals surface area contributed by atoms with Gasteiger partial charge in [-0.05, 0) is 44.0 Å². The number of ether oxygens (including phenoxy) is 1. The summed E-state index contributed by atoms with van der Waals surface area (Å²) in [6.45, 7) is 7.60. The lowest BCUT2D eigenvalue weighted by Crippen LogP contribution is -2.29. The van der Waals surface area contributed by atoms with Gasteiger partial charge in [-0.25, -0.2) is 0 Å². The molecule has 3 heteroatoms. The summed E-state index contributed by atoms with van der Waals surface area (Å²) in [5, 5.41) is 9.56. The van der Waals surface area contributed by atoms with Crippen molar-refractivity contribution in [3.05, 3.63) is 23.8 Å². The molecule has 0 spiro atoms. The van der Waals surface area contributed by atoms with Crippen LogP contribution in [0.3, 0.4) is 0 Å². The van der Waals surface area contributed by atoms with E-state index in [1.807, 2.05) is 12.1 Å². The number of hydrogen-bond acceptors (Lipinski definition) is 3. The summed E-state index contributed by atoms with van der Waals surface area (Å²) in [5.41, 5.74) is 1.16. The van der Waals surface area contributed by atoms with Crippen molar-refractivity contribution >= 4 is 0 Å². The summed E-state index contributed by atoms with van der Waals surface area (Å²) in [7, 11) is 3.70. The molecule has 1 aromatic rings. The van der Waals surface area contributed by atoms with Crippen molar-refractivity contribution in [2.75, 3.05) is 14.2 Å². The topological polar surface area (TPSA) is 32.7 Å². The number of nitrogens with zero attached hydrogens (tertiary/aromatic N) is 1. The molecule has 0 bridgehead atoms. The fraction of sp³-hybridized carbons (Fsp3) is 0.600. The number of hydrogen-bond donors (Lipinski definition) is 1. The van der Waals surface area contributed by atoms with Gasteiger partial charge in [0.25, 0.3) is 0 Å². The molecule has 0 aliphatic carbocycles. The van der Waals surface area contributed by atoms with Gasteiger partial charge in [-0.2, -0.15) is 0 Å². The first-order chi connectivity index (χ1) is 8.43. The normalized spacial score (nSPS) is 13.1. The van der Waals surface area contributed by atoms with Crippen LogP contribution in [-0.4, -0.2) is 30.2 Å². The summed E-state index contributed by atoms with van der Waals surface area (Å²) in [4.78, 5) is 2.33. The average molecular weight is 251 g/mol. The lowest BCUT2D eigenvalue weighted by Gasteiger charge is -2.26. The fourth-order valence-electron chi connectivity index (χ4n) is 2.13. The van der Waals surface area contributed by atoms with Crippen LogP contribution in [0, 0.1) is 5.92 Å². The Bertz CT molecular complexity index is 377. The third-order valence-electron chi connectivity index (χ3n) is 3.24. The van der Waals surface area contributed by atoms with E-state index in [-0.39, 0.29) is 5.75 Å². The molecule has 0 aliphatic heterocycles. The lowest BCUT2D eigenvalue weighted by atomic mass is 10.0. The maximum absolute atomic E-state index is 9.56. The molecule has 0 aliphatic rings. The predicted octanol–water partition coefficient (Wildman–Crippen LogP) is 3.27. The van der Waals surface area contributed by atoms with Crippen LogP contribution < -0.4 is 4.74 Å². The van der Waals surface area contributed by atoms with Gasteiger partial charge in [0.15, 0.2) is 11.5 Å². The second-order valence-electron chi connectivity index (χ2n) is 5.40. The molecule has 0 aromatic heterocycles. The van der Waals surface area contributed by atoms with Crippen LogP contribution in [-0.2, 0) is 6.54 Å². The van der Waals surface area contributed by atoms with Crippen LogP contribution >= 0.6 is 0 Å².